The van der Waals surface area contributed by atoms with Gasteiger partial charge in [-0.25, -0.2) is 0 Å². The zero-order valence-corrected chi connectivity index (χ0v) is 12.3. The van der Waals surface area contributed by atoms with Crippen LogP contribution in [0.4, 0.5) is 0 Å². The molecule has 19 heavy (non-hydrogen) atoms. The molecule has 0 heterocycles. The van der Waals surface area contributed by atoms with Crippen LogP contribution in [0, 0.1) is 0 Å². The van der Waals surface area contributed by atoms with E-state index >= 15 is 0 Å². The third kappa shape index (κ3) is 6.57. The molecule has 0 fully saturated rings. The average molecular weight is 267 g/mol. The lowest BCUT2D eigenvalue weighted by Gasteiger charge is -2.27. The molecule has 0 aliphatic carbocycles. The van der Waals surface area contributed by atoms with Gasteiger partial charge in [0.15, 0.2) is 0 Å². The fourth-order valence-corrected chi connectivity index (χ4v) is 1.86. The van der Waals surface area contributed by atoms with Gasteiger partial charge in [0.25, 0.3) is 0 Å². The van der Waals surface area contributed by atoms with Crippen LogP contribution in [0.3, 0.4) is 0 Å². The predicted octanol–water partition coefficient (Wildman–Crippen LogP) is 1.96. The van der Waals surface area contributed by atoms with Gasteiger partial charge < -0.3 is 14.6 Å². The standard InChI is InChI=1S/C15H25NO3/c1-12(2)16-15(3,17)11-19-14-7-5-13(6-8-14)9-10-18-4/h5-8,12,16-17H,9-11H2,1-4H3. The van der Waals surface area contributed by atoms with E-state index in [1.807, 2.05) is 38.1 Å². The third-order valence-electron chi connectivity index (χ3n) is 2.64. The highest BCUT2D eigenvalue weighted by molar-refractivity contribution is 5.27. The Balaban J connectivity index is 2.45. The van der Waals surface area contributed by atoms with Crippen molar-refractivity contribution < 1.29 is 14.6 Å². The maximum Gasteiger partial charge on any atom is 0.147 e. The van der Waals surface area contributed by atoms with E-state index in [-0.39, 0.29) is 12.6 Å². The Morgan fingerprint density at radius 1 is 1.26 bits per heavy atom. The SMILES string of the molecule is COCCc1ccc(OCC(C)(O)NC(C)C)cc1. The summed E-state index contributed by atoms with van der Waals surface area (Å²) in [6.45, 7) is 6.61. The van der Waals surface area contributed by atoms with Gasteiger partial charge in [-0.2, -0.15) is 0 Å². The molecule has 0 spiro atoms. The number of ether oxygens (including phenoxy) is 2. The Bertz CT molecular complexity index is 360. The lowest BCUT2D eigenvalue weighted by molar-refractivity contribution is -0.0244. The summed E-state index contributed by atoms with van der Waals surface area (Å²) in [6, 6.07) is 8.06. The fourth-order valence-electron chi connectivity index (χ4n) is 1.86. The molecule has 1 unspecified atom stereocenters. The first-order chi connectivity index (χ1) is 8.93. The molecule has 1 rings (SSSR count). The molecule has 0 aromatic heterocycles. The second-order valence-electron chi connectivity index (χ2n) is 5.25. The van der Waals surface area contributed by atoms with Crippen molar-refractivity contribution in [2.45, 2.75) is 39.0 Å². The van der Waals surface area contributed by atoms with Gasteiger partial charge in [0.2, 0.25) is 0 Å². The summed E-state index contributed by atoms with van der Waals surface area (Å²) >= 11 is 0. The largest absolute Gasteiger partial charge is 0.489 e. The van der Waals surface area contributed by atoms with E-state index in [9.17, 15) is 5.11 Å². The molecule has 0 aliphatic rings. The van der Waals surface area contributed by atoms with E-state index in [0.29, 0.717) is 6.61 Å². The zero-order chi connectivity index (χ0) is 14.3. The van der Waals surface area contributed by atoms with Crippen LogP contribution in [0.15, 0.2) is 24.3 Å². The van der Waals surface area contributed by atoms with E-state index < -0.39 is 5.72 Å². The number of aliphatic hydroxyl groups is 1. The van der Waals surface area contributed by atoms with E-state index in [0.717, 1.165) is 12.2 Å². The van der Waals surface area contributed by atoms with E-state index in [1.165, 1.54) is 5.56 Å². The molecule has 4 nitrogen and oxygen atoms in total. The van der Waals surface area contributed by atoms with Gasteiger partial charge in [0, 0.05) is 13.2 Å². The molecule has 0 amide bonds. The van der Waals surface area contributed by atoms with Crippen molar-refractivity contribution in [3.63, 3.8) is 0 Å². The van der Waals surface area contributed by atoms with Crippen LogP contribution < -0.4 is 10.1 Å². The molecule has 0 bridgehead atoms. The number of benzene rings is 1. The molecule has 1 aromatic carbocycles. The highest BCUT2D eigenvalue weighted by Crippen LogP contribution is 2.14. The summed E-state index contributed by atoms with van der Waals surface area (Å²) in [5, 5.41) is 13.1. The van der Waals surface area contributed by atoms with Gasteiger partial charge in [-0.1, -0.05) is 12.1 Å². The van der Waals surface area contributed by atoms with Crippen LogP contribution in [0.2, 0.25) is 0 Å². The van der Waals surface area contributed by atoms with Gasteiger partial charge in [-0.3, -0.25) is 5.32 Å². The average Bonchev–Trinajstić information content (AvgIpc) is 2.34. The molecule has 1 aromatic rings. The van der Waals surface area contributed by atoms with Crippen LogP contribution in [0.5, 0.6) is 5.75 Å². The Morgan fingerprint density at radius 2 is 1.89 bits per heavy atom. The van der Waals surface area contributed by atoms with Crippen LogP contribution >= 0.6 is 0 Å². The minimum atomic E-state index is -1.02. The van der Waals surface area contributed by atoms with Crippen molar-refractivity contribution >= 4 is 0 Å². The van der Waals surface area contributed by atoms with Gasteiger partial charge in [0.05, 0.1) is 6.61 Å². The van der Waals surface area contributed by atoms with Crippen LogP contribution in [-0.2, 0) is 11.2 Å². The quantitative estimate of drug-likeness (QED) is 0.707. The van der Waals surface area contributed by atoms with Gasteiger partial charge in [-0.15, -0.1) is 0 Å². The second-order valence-corrected chi connectivity index (χ2v) is 5.25. The predicted molar refractivity (Wildman–Crippen MR) is 76.4 cm³/mol. The third-order valence-corrected chi connectivity index (χ3v) is 2.64. The van der Waals surface area contributed by atoms with Crippen molar-refractivity contribution in [1.82, 2.24) is 5.32 Å². The Labute approximate surface area is 115 Å². The van der Waals surface area contributed by atoms with E-state index in [1.54, 1.807) is 14.0 Å². The lowest BCUT2D eigenvalue weighted by Crippen LogP contribution is -2.50. The molecule has 108 valence electrons. The zero-order valence-electron chi connectivity index (χ0n) is 12.3. The highest BCUT2D eigenvalue weighted by atomic mass is 16.5. The summed E-state index contributed by atoms with van der Waals surface area (Å²) < 4.78 is 10.6. The monoisotopic (exact) mass is 267 g/mol. The number of hydrogen-bond acceptors (Lipinski definition) is 4. The molecular weight excluding hydrogens is 242 g/mol. The van der Waals surface area contributed by atoms with Gasteiger partial charge in [-0.05, 0) is 44.9 Å². The Hall–Kier alpha value is -1.10. The summed E-state index contributed by atoms with van der Waals surface area (Å²) in [6.07, 6.45) is 0.892. The first-order valence-corrected chi connectivity index (χ1v) is 6.64. The van der Waals surface area contributed by atoms with Crippen molar-refractivity contribution in [3.8, 4) is 5.75 Å². The molecular formula is C15H25NO3. The molecule has 2 N–H and O–H groups in total. The number of rotatable bonds is 8. The minimum Gasteiger partial charge on any atom is -0.489 e. The molecule has 0 aliphatic heterocycles. The molecule has 0 saturated heterocycles. The van der Waals surface area contributed by atoms with Crippen LogP contribution in [-0.4, -0.2) is 37.2 Å². The topological polar surface area (TPSA) is 50.7 Å². The summed E-state index contributed by atoms with van der Waals surface area (Å²) in [5.41, 5.74) is 0.185. The van der Waals surface area contributed by atoms with Crippen LogP contribution in [0.25, 0.3) is 0 Å². The first-order valence-electron chi connectivity index (χ1n) is 6.64. The van der Waals surface area contributed by atoms with Crippen molar-refractivity contribution in [3.05, 3.63) is 29.8 Å². The Morgan fingerprint density at radius 3 is 2.42 bits per heavy atom. The van der Waals surface area contributed by atoms with Crippen molar-refractivity contribution in [1.29, 1.82) is 0 Å². The second kappa shape index (κ2) is 7.48. The molecule has 0 radical (unpaired) electrons. The number of nitrogens with one attached hydrogen (secondary N) is 1. The maximum absolute atomic E-state index is 10.1. The molecule has 1 atom stereocenters. The molecule has 4 heteroatoms. The fraction of sp³-hybridized carbons (Fsp3) is 0.600. The summed E-state index contributed by atoms with van der Waals surface area (Å²) in [7, 11) is 1.70. The van der Waals surface area contributed by atoms with Crippen LogP contribution in [0.1, 0.15) is 26.3 Å². The van der Waals surface area contributed by atoms with Crippen molar-refractivity contribution in [2.24, 2.45) is 0 Å². The number of hydrogen-bond donors (Lipinski definition) is 2. The van der Waals surface area contributed by atoms with E-state index in [2.05, 4.69) is 5.32 Å². The summed E-state index contributed by atoms with van der Waals surface area (Å²) in [4.78, 5) is 0. The molecule has 0 saturated carbocycles. The first kappa shape index (κ1) is 16.0. The van der Waals surface area contributed by atoms with Crippen molar-refractivity contribution in [2.75, 3.05) is 20.3 Å². The van der Waals surface area contributed by atoms with Gasteiger partial charge >= 0.3 is 0 Å². The maximum atomic E-state index is 10.1. The number of methoxy groups -OCH3 is 1. The highest BCUT2D eigenvalue weighted by Gasteiger charge is 2.21. The smallest absolute Gasteiger partial charge is 0.147 e. The van der Waals surface area contributed by atoms with Gasteiger partial charge in [0.1, 0.15) is 18.1 Å². The lowest BCUT2D eigenvalue weighted by atomic mass is 10.1. The Kier molecular flexibility index (Phi) is 6.28. The minimum absolute atomic E-state index is 0.204. The van der Waals surface area contributed by atoms with E-state index in [4.69, 9.17) is 9.47 Å². The normalized spacial score (nSPS) is 14.4. The summed E-state index contributed by atoms with van der Waals surface area (Å²) in [5.74, 6) is 0.756.